The molecule has 0 bridgehead atoms. The molecule has 0 saturated heterocycles. The molecule has 6 nitrogen and oxygen atoms in total. The molecule has 3 aromatic rings. The summed E-state index contributed by atoms with van der Waals surface area (Å²) in [7, 11) is 1.28. The molecule has 3 rings (SSSR count). The third-order valence-electron chi connectivity index (χ3n) is 4.24. The molecular formula is C19H17ClF4N4O2. The van der Waals surface area contributed by atoms with Crippen LogP contribution in [0.25, 0.3) is 22.6 Å². The predicted molar refractivity (Wildman–Crippen MR) is 101 cm³/mol. The first-order chi connectivity index (χ1) is 14.1. The summed E-state index contributed by atoms with van der Waals surface area (Å²) in [6, 6.07) is 3.80. The number of aromatic nitrogens is 3. The highest BCUT2D eigenvalue weighted by Gasteiger charge is 2.41. The van der Waals surface area contributed by atoms with Gasteiger partial charge in [-0.3, -0.25) is 9.48 Å². The molecule has 0 aliphatic carbocycles. The number of hydrogen-bond acceptors (Lipinski definition) is 4. The Labute approximate surface area is 173 Å². The van der Waals surface area contributed by atoms with Crippen LogP contribution in [0.15, 0.2) is 28.9 Å². The van der Waals surface area contributed by atoms with E-state index in [9.17, 15) is 22.4 Å². The fourth-order valence-corrected chi connectivity index (χ4v) is 3.29. The van der Waals surface area contributed by atoms with E-state index in [1.54, 1.807) is 13.8 Å². The van der Waals surface area contributed by atoms with Crippen LogP contribution >= 0.6 is 11.6 Å². The Kier molecular flexibility index (Phi) is 5.89. The SMILES string of the molecule is CNC(=O)c1c(-c2c(F)cccc2Cl)noc1-c1cnn(CC(C)C)c1C(F)(F)F. The molecule has 1 N–H and O–H groups in total. The maximum atomic E-state index is 14.4. The quantitative estimate of drug-likeness (QED) is 0.560. The molecule has 160 valence electrons. The third-order valence-corrected chi connectivity index (χ3v) is 4.55. The van der Waals surface area contributed by atoms with Crippen molar-refractivity contribution in [2.45, 2.75) is 26.6 Å². The summed E-state index contributed by atoms with van der Waals surface area (Å²) in [6.07, 6.45) is -3.84. The minimum absolute atomic E-state index is 0.00964. The van der Waals surface area contributed by atoms with Crippen LogP contribution in [0, 0.1) is 11.7 Å². The number of rotatable bonds is 5. The van der Waals surface area contributed by atoms with Crippen LogP contribution in [-0.4, -0.2) is 27.9 Å². The van der Waals surface area contributed by atoms with E-state index < -0.39 is 34.9 Å². The number of carbonyl (C=O) groups is 1. The van der Waals surface area contributed by atoms with E-state index in [1.807, 2.05) is 0 Å². The molecule has 1 amide bonds. The van der Waals surface area contributed by atoms with Gasteiger partial charge in [0.25, 0.3) is 5.91 Å². The molecule has 0 spiro atoms. The van der Waals surface area contributed by atoms with Gasteiger partial charge in [0, 0.05) is 13.6 Å². The van der Waals surface area contributed by atoms with Crippen molar-refractivity contribution >= 4 is 17.5 Å². The Bertz CT molecular complexity index is 1070. The van der Waals surface area contributed by atoms with Gasteiger partial charge in [0.2, 0.25) is 0 Å². The van der Waals surface area contributed by atoms with Gasteiger partial charge in [-0.25, -0.2) is 4.39 Å². The summed E-state index contributed by atoms with van der Waals surface area (Å²) >= 11 is 6.05. The maximum Gasteiger partial charge on any atom is 0.433 e. The maximum absolute atomic E-state index is 14.4. The minimum atomic E-state index is -4.79. The fourth-order valence-electron chi connectivity index (χ4n) is 3.04. The van der Waals surface area contributed by atoms with Gasteiger partial charge >= 0.3 is 6.18 Å². The van der Waals surface area contributed by atoms with Gasteiger partial charge in [-0.15, -0.1) is 0 Å². The van der Waals surface area contributed by atoms with Crippen molar-refractivity contribution in [1.82, 2.24) is 20.3 Å². The topological polar surface area (TPSA) is 73.0 Å². The Balaban J connectivity index is 2.30. The average Bonchev–Trinajstić information content (AvgIpc) is 3.24. The molecule has 0 radical (unpaired) electrons. The summed E-state index contributed by atoms with van der Waals surface area (Å²) in [5.41, 5.74) is -2.51. The van der Waals surface area contributed by atoms with Crippen molar-refractivity contribution in [3.8, 4) is 22.6 Å². The number of halogens is 5. The zero-order valence-electron chi connectivity index (χ0n) is 16.1. The molecule has 2 heterocycles. The number of nitrogens with one attached hydrogen (secondary N) is 1. The summed E-state index contributed by atoms with van der Waals surface area (Å²) in [5.74, 6) is -2.23. The van der Waals surface area contributed by atoms with Crippen LogP contribution in [0.1, 0.15) is 29.9 Å². The van der Waals surface area contributed by atoms with Crippen LogP contribution in [0.3, 0.4) is 0 Å². The number of nitrogens with zero attached hydrogens (tertiary/aromatic N) is 3. The van der Waals surface area contributed by atoms with Crippen molar-refractivity contribution < 1.29 is 26.9 Å². The highest BCUT2D eigenvalue weighted by atomic mass is 35.5. The van der Waals surface area contributed by atoms with Crippen LogP contribution < -0.4 is 5.32 Å². The smallest absolute Gasteiger partial charge is 0.355 e. The lowest BCUT2D eigenvalue weighted by Crippen LogP contribution is -2.20. The van der Waals surface area contributed by atoms with Crippen molar-refractivity contribution in [2.75, 3.05) is 7.05 Å². The first kappa shape index (κ1) is 21.8. The summed E-state index contributed by atoms with van der Waals surface area (Å²) < 4.78 is 61.9. The van der Waals surface area contributed by atoms with Gasteiger partial charge < -0.3 is 9.84 Å². The van der Waals surface area contributed by atoms with Crippen molar-refractivity contribution in [2.24, 2.45) is 5.92 Å². The lowest BCUT2D eigenvalue weighted by molar-refractivity contribution is -0.144. The minimum Gasteiger partial charge on any atom is -0.355 e. The largest absolute Gasteiger partial charge is 0.433 e. The first-order valence-electron chi connectivity index (χ1n) is 8.85. The fraction of sp³-hybridized carbons (Fsp3) is 0.316. The Morgan fingerprint density at radius 1 is 1.33 bits per heavy atom. The van der Waals surface area contributed by atoms with E-state index in [2.05, 4.69) is 15.6 Å². The number of amides is 1. The van der Waals surface area contributed by atoms with Crippen LogP contribution in [0.5, 0.6) is 0 Å². The molecule has 1 aromatic carbocycles. The molecule has 11 heteroatoms. The Hall–Kier alpha value is -2.88. The van der Waals surface area contributed by atoms with Crippen molar-refractivity contribution in [1.29, 1.82) is 0 Å². The molecule has 0 unspecified atom stereocenters. The third kappa shape index (κ3) is 3.91. The van der Waals surface area contributed by atoms with Crippen LogP contribution in [-0.2, 0) is 12.7 Å². The second-order valence-electron chi connectivity index (χ2n) is 6.89. The molecule has 0 fully saturated rings. The van der Waals surface area contributed by atoms with Gasteiger partial charge in [-0.1, -0.05) is 36.7 Å². The average molecular weight is 445 g/mol. The molecular weight excluding hydrogens is 428 g/mol. The summed E-state index contributed by atoms with van der Waals surface area (Å²) in [5, 5.41) is 9.74. The predicted octanol–water partition coefficient (Wildman–Crippen LogP) is 5.03. The van der Waals surface area contributed by atoms with Crippen LogP contribution in [0.2, 0.25) is 5.02 Å². The van der Waals surface area contributed by atoms with Gasteiger partial charge in [0.05, 0.1) is 22.3 Å². The second-order valence-corrected chi connectivity index (χ2v) is 7.30. The molecule has 0 aliphatic heterocycles. The van der Waals surface area contributed by atoms with Gasteiger partial charge in [-0.2, -0.15) is 18.3 Å². The highest BCUT2D eigenvalue weighted by Crippen LogP contribution is 2.42. The van der Waals surface area contributed by atoms with Crippen LogP contribution in [0.4, 0.5) is 17.6 Å². The highest BCUT2D eigenvalue weighted by molar-refractivity contribution is 6.33. The standard InChI is InChI=1S/C19H17ClF4N4O2/c1-9(2)8-28-17(19(22,23)24)10(7-26-28)16-14(18(29)25-3)15(27-30-16)13-11(20)5-4-6-12(13)21/h4-7,9H,8H2,1-3H3,(H,25,29). The first-order valence-corrected chi connectivity index (χ1v) is 9.23. The zero-order chi connectivity index (χ0) is 22.2. The summed E-state index contributed by atoms with van der Waals surface area (Å²) in [6.45, 7) is 3.47. The van der Waals surface area contributed by atoms with Gasteiger partial charge in [0.15, 0.2) is 11.5 Å². The number of hydrogen-bond donors (Lipinski definition) is 1. The summed E-state index contributed by atoms with van der Waals surface area (Å²) in [4.78, 5) is 12.5. The Morgan fingerprint density at radius 2 is 2.03 bits per heavy atom. The lowest BCUT2D eigenvalue weighted by Gasteiger charge is -2.13. The molecule has 30 heavy (non-hydrogen) atoms. The molecule has 2 aromatic heterocycles. The van der Waals surface area contributed by atoms with Crippen molar-refractivity contribution in [3.63, 3.8) is 0 Å². The van der Waals surface area contributed by atoms with E-state index in [0.717, 1.165) is 16.9 Å². The molecule has 0 atom stereocenters. The van der Waals surface area contributed by atoms with Gasteiger partial charge in [0.1, 0.15) is 17.1 Å². The number of carbonyl (C=O) groups excluding carboxylic acids is 1. The second kappa shape index (κ2) is 8.10. The van der Waals surface area contributed by atoms with Gasteiger partial charge in [-0.05, 0) is 18.1 Å². The number of alkyl halides is 3. The normalized spacial score (nSPS) is 11.9. The van der Waals surface area contributed by atoms with E-state index in [1.165, 1.54) is 19.2 Å². The lowest BCUT2D eigenvalue weighted by atomic mass is 10.0. The Morgan fingerprint density at radius 3 is 2.60 bits per heavy atom. The van der Waals surface area contributed by atoms with E-state index in [4.69, 9.17) is 16.1 Å². The monoisotopic (exact) mass is 444 g/mol. The van der Waals surface area contributed by atoms with E-state index in [0.29, 0.717) is 0 Å². The number of benzene rings is 1. The zero-order valence-corrected chi connectivity index (χ0v) is 16.9. The molecule has 0 aliphatic rings. The van der Waals surface area contributed by atoms with E-state index >= 15 is 0 Å². The van der Waals surface area contributed by atoms with E-state index in [-0.39, 0.29) is 34.3 Å². The van der Waals surface area contributed by atoms with Crippen molar-refractivity contribution in [3.05, 3.63) is 46.5 Å². The molecule has 0 saturated carbocycles.